The van der Waals surface area contributed by atoms with Crippen LogP contribution in [0.5, 0.6) is 5.75 Å². The van der Waals surface area contributed by atoms with E-state index in [1.807, 2.05) is 0 Å². The molecule has 1 saturated heterocycles. The maximum Gasteiger partial charge on any atom is 0.264 e. The van der Waals surface area contributed by atoms with Gasteiger partial charge in [-0.25, -0.2) is 0 Å². The number of primary amides is 1. The number of fused-ring (bicyclic) bond motifs is 1. The van der Waals surface area contributed by atoms with Gasteiger partial charge in [0.2, 0.25) is 11.8 Å². The number of carbonyl (C=O) groups excluding carboxylic acids is 4. The molecule has 0 bridgehead atoms. The number of nitrogens with zero attached hydrogens (tertiary/aromatic N) is 2. The first-order chi connectivity index (χ1) is 12.9. The number of ether oxygens (including phenoxy) is 1. The van der Waals surface area contributed by atoms with Gasteiger partial charge in [0.1, 0.15) is 5.75 Å². The van der Waals surface area contributed by atoms with Crippen LogP contribution in [-0.2, 0) is 14.4 Å². The summed E-state index contributed by atoms with van der Waals surface area (Å²) in [4.78, 5) is 50.9. The van der Waals surface area contributed by atoms with Crippen molar-refractivity contribution < 1.29 is 23.9 Å². The van der Waals surface area contributed by atoms with E-state index >= 15 is 0 Å². The summed E-state index contributed by atoms with van der Waals surface area (Å²) in [5.41, 5.74) is 6.29. The fourth-order valence-corrected chi connectivity index (χ4v) is 3.38. The minimum atomic E-state index is -0.322. The molecule has 2 heterocycles. The van der Waals surface area contributed by atoms with Crippen molar-refractivity contribution in [2.24, 2.45) is 11.7 Å². The van der Waals surface area contributed by atoms with E-state index in [1.54, 1.807) is 30.1 Å². The van der Waals surface area contributed by atoms with E-state index in [-0.39, 0.29) is 48.9 Å². The number of Topliss-reactive ketones (excluding diaryl/α,β-unsaturated/α-hetero) is 1. The molecule has 0 aromatic heterocycles. The van der Waals surface area contributed by atoms with Gasteiger partial charge in [0, 0.05) is 44.5 Å². The number of likely N-dealkylation sites (N-methyl/N-ethyl adjacent to an activating group) is 1. The van der Waals surface area contributed by atoms with Gasteiger partial charge in [0.05, 0.1) is 5.69 Å². The molecule has 0 aliphatic carbocycles. The standard InChI is InChI=1S/C19H23N3O5/c1-21-14-10-13(2-4-16(14)27-11-18(21)25)15(23)3-5-17(24)22-8-6-12(7-9-22)19(20)26/h2,4,10,12H,3,5-9,11H2,1H3,(H2,20,26). The van der Waals surface area contributed by atoms with Crippen LogP contribution in [0.1, 0.15) is 36.0 Å². The number of likely N-dealkylation sites (tertiary alicyclic amines) is 1. The number of hydrogen-bond donors (Lipinski definition) is 1. The minimum Gasteiger partial charge on any atom is -0.482 e. The van der Waals surface area contributed by atoms with Crippen LogP contribution in [0.4, 0.5) is 5.69 Å². The third kappa shape index (κ3) is 4.10. The average Bonchev–Trinajstić information content (AvgIpc) is 2.68. The van der Waals surface area contributed by atoms with E-state index in [0.717, 1.165) is 0 Å². The molecule has 8 nitrogen and oxygen atoms in total. The summed E-state index contributed by atoms with van der Waals surface area (Å²) in [6.07, 6.45) is 1.34. The lowest BCUT2D eigenvalue weighted by Gasteiger charge is -2.30. The lowest BCUT2D eigenvalue weighted by molar-refractivity contribution is -0.134. The number of amides is 3. The Bertz CT molecular complexity index is 784. The van der Waals surface area contributed by atoms with Gasteiger partial charge in [-0.2, -0.15) is 0 Å². The number of piperidine rings is 1. The summed E-state index contributed by atoms with van der Waals surface area (Å²) in [7, 11) is 1.64. The Morgan fingerprint density at radius 1 is 1.19 bits per heavy atom. The molecule has 144 valence electrons. The van der Waals surface area contributed by atoms with Gasteiger partial charge < -0.3 is 20.3 Å². The Morgan fingerprint density at radius 2 is 1.89 bits per heavy atom. The predicted octanol–water partition coefficient (Wildman–Crippen LogP) is 0.729. The molecule has 1 aromatic rings. The van der Waals surface area contributed by atoms with E-state index in [2.05, 4.69) is 0 Å². The normalized spacial score (nSPS) is 17.3. The van der Waals surface area contributed by atoms with Gasteiger partial charge in [-0.1, -0.05) is 0 Å². The van der Waals surface area contributed by atoms with E-state index in [9.17, 15) is 19.2 Å². The summed E-state index contributed by atoms with van der Waals surface area (Å²) in [5, 5.41) is 0. The van der Waals surface area contributed by atoms with Gasteiger partial charge in [-0.15, -0.1) is 0 Å². The van der Waals surface area contributed by atoms with Crippen LogP contribution in [0.15, 0.2) is 18.2 Å². The van der Waals surface area contributed by atoms with Gasteiger partial charge in [-0.05, 0) is 31.0 Å². The summed E-state index contributed by atoms with van der Waals surface area (Å²) in [5.74, 6) is -0.377. The molecule has 1 aromatic carbocycles. The maximum atomic E-state index is 12.5. The van der Waals surface area contributed by atoms with Crippen molar-refractivity contribution in [2.75, 3.05) is 31.6 Å². The largest absolute Gasteiger partial charge is 0.482 e. The first kappa shape index (κ1) is 18.9. The third-order valence-corrected chi connectivity index (χ3v) is 5.18. The van der Waals surface area contributed by atoms with Crippen molar-refractivity contribution in [2.45, 2.75) is 25.7 Å². The van der Waals surface area contributed by atoms with Crippen LogP contribution >= 0.6 is 0 Å². The summed E-state index contributed by atoms with van der Waals surface area (Å²) < 4.78 is 5.35. The molecule has 2 aliphatic heterocycles. The van der Waals surface area contributed by atoms with Crippen LogP contribution in [0, 0.1) is 5.92 Å². The molecule has 0 saturated carbocycles. The Hall–Kier alpha value is -2.90. The van der Waals surface area contributed by atoms with E-state index in [1.165, 1.54) is 4.90 Å². The van der Waals surface area contributed by atoms with Crippen molar-refractivity contribution in [3.63, 3.8) is 0 Å². The van der Waals surface area contributed by atoms with Crippen molar-refractivity contribution in [3.8, 4) is 5.75 Å². The van der Waals surface area contributed by atoms with Gasteiger partial charge >= 0.3 is 0 Å². The molecule has 27 heavy (non-hydrogen) atoms. The fourth-order valence-electron chi connectivity index (χ4n) is 3.38. The second kappa shape index (κ2) is 7.77. The number of hydrogen-bond acceptors (Lipinski definition) is 5. The highest BCUT2D eigenvalue weighted by atomic mass is 16.5. The van der Waals surface area contributed by atoms with Crippen LogP contribution < -0.4 is 15.4 Å². The maximum absolute atomic E-state index is 12.5. The first-order valence-corrected chi connectivity index (χ1v) is 9.00. The van der Waals surface area contributed by atoms with Crippen molar-refractivity contribution in [3.05, 3.63) is 23.8 Å². The zero-order chi connectivity index (χ0) is 19.6. The van der Waals surface area contributed by atoms with Gasteiger partial charge in [0.25, 0.3) is 5.91 Å². The molecule has 0 atom stereocenters. The van der Waals surface area contributed by atoms with E-state index in [0.29, 0.717) is 42.9 Å². The topological polar surface area (TPSA) is 110 Å². The molecule has 0 unspecified atom stereocenters. The van der Waals surface area contributed by atoms with Gasteiger partial charge in [0.15, 0.2) is 12.4 Å². The Balaban J connectivity index is 1.56. The first-order valence-electron chi connectivity index (χ1n) is 9.00. The molecule has 2 N–H and O–H groups in total. The van der Waals surface area contributed by atoms with Crippen LogP contribution in [0.3, 0.4) is 0 Å². The molecular weight excluding hydrogens is 350 g/mol. The molecule has 8 heteroatoms. The number of anilines is 1. The van der Waals surface area contributed by atoms with E-state index in [4.69, 9.17) is 10.5 Å². The zero-order valence-corrected chi connectivity index (χ0v) is 15.3. The number of rotatable bonds is 5. The Labute approximate surface area is 157 Å². The Kier molecular flexibility index (Phi) is 5.43. The van der Waals surface area contributed by atoms with Crippen LogP contribution in [0.2, 0.25) is 0 Å². The average molecular weight is 373 g/mol. The summed E-state index contributed by atoms with van der Waals surface area (Å²) >= 11 is 0. The van der Waals surface area contributed by atoms with E-state index < -0.39 is 0 Å². The molecule has 3 amide bonds. The second-order valence-corrected chi connectivity index (χ2v) is 6.90. The minimum absolute atomic E-state index is 0.0161. The second-order valence-electron chi connectivity index (χ2n) is 6.90. The van der Waals surface area contributed by atoms with Crippen molar-refractivity contribution >= 4 is 29.2 Å². The highest BCUT2D eigenvalue weighted by molar-refractivity contribution is 6.02. The molecule has 1 fully saturated rings. The quantitative estimate of drug-likeness (QED) is 0.765. The zero-order valence-electron chi connectivity index (χ0n) is 15.3. The van der Waals surface area contributed by atoms with Crippen molar-refractivity contribution in [1.82, 2.24) is 4.90 Å². The lowest BCUT2D eigenvalue weighted by atomic mass is 9.96. The molecule has 2 aliphatic rings. The number of nitrogens with two attached hydrogens (primary N) is 1. The highest BCUT2D eigenvalue weighted by Gasteiger charge is 2.27. The molecule has 0 radical (unpaired) electrons. The predicted molar refractivity (Wildman–Crippen MR) is 97.4 cm³/mol. The number of ketones is 1. The van der Waals surface area contributed by atoms with Crippen LogP contribution in [-0.4, -0.2) is 55.1 Å². The summed E-state index contributed by atoms with van der Waals surface area (Å²) in [6, 6.07) is 4.94. The third-order valence-electron chi connectivity index (χ3n) is 5.18. The smallest absolute Gasteiger partial charge is 0.264 e. The fraction of sp³-hybridized carbons (Fsp3) is 0.474. The van der Waals surface area contributed by atoms with Gasteiger partial charge in [-0.3, -0.25) is 19.2 Å². The number of benzene rings is 1. The lowest BCUT2D eigenvalue weighted by Crippen LogP contribution is -2.41. The molecule has 0 spiro atoms. The number of carbonyl (C=O) groups is 4. The highest BCUT2D eigenvalue weighted by Crippen LogP contribution is 2.32. The monoisotopic (exact) mass is 373 g/mol. The Morgan fingerprint density at radius 3 is 2.56 bits per heavy atom. The molecular formula is C19H23N3O5. The SMILES string of the molecule is CN1C(=O)COc2ccc(C(=O)CCC(=O)N3CCC(C(N)=O)CC3)cc21. The van der Waals surface area contributed by atoms with Crippen LogP contribution in [0.25, 0.3) is 0 Å². The summed E-state index contributed by atoms with van der Waals surface area (Å²) in [6.45, 7) is 0.963. The molecule has 3 rings (SSSR count). The van der Waals surface area contributed by atoms with Crippen molar-refractivity contribution in [1.29, 1.82) is 0 Å².